The summed E-state index contributed by atoms with van der Waals surface area (Å²) in [6.45, 7) is 12.9. The van der Waals surface area contributed by atoms with Crippen molar-refractivity contribution in [3.8, 4) is 0 Å². The van der Waals surface area contributed by atoms with Crippen LogP contribution in [-0.2, 0) is 13.1 Å². The molecule has 0 aromatic carbocycles. The third-order valence-corrected chi connectivity index (χ3v) is 5.33. The van der Waals surface area contributed by atoms with E-state index in [9.17, 15) is 0 Å². The molecule has 2 rings (SSSR count). The standard InChI is InChI=1S/C17H30N2S/c1-4-10-18-13-15-6-7-16(20-15)14-19-11-5-8-17(2,3)9-12-19/h6-7,18H,4-5,8-14H2,1-3H3. The molecule has 0 aliphatic carbocycles. The summed E-state index contributed by atoms with van der Waals surface area (Å²) < 4.78 is 0. The van der Waals surface area contributed by atoms with E-state index in [0.29, 0.717) is 5.41 Å². The van der Waals surface area contributed by atoms with Gasteiger partial charge in [0, 0.05) is 22.8 Å². The van der Waals surface area contributed by atoms with Crippen LogP contribution < -0.4 is 5.32 Å². The van der Waals surface area contributed by atoms with Gasteiger partial charge in [0.1, 0.15) is 0 Å². The van der Waals surface area contributed by atoms with Gasteiger partial charge in [-0.25, -0.2) is 0 Å². The Balaban J connectivity index is 1.81. The van der Waals surface area contributed by atoms with Crippen molar-refractivity contribution < 1.29 is 0 Å². The number of nitrogens with one attached hydrogen (secondary N) is 1. The Morgan fingerprint density at radius 2 is 2.00 bits per heavy atom. The topological polar surface area (TPSA) is 15.3 Å². The van der Waals surface area contributed by atoms with Crippen LogP contribution in [0, 0.1) is 5.41 Å². The van der Waals surface area contributed by atoms with Crippen LogP contribution in [0.3, 0.4) is 0 Å². The summed E-state index contributed by atoms with van der Waals surface area (Å²) in [6, 6.07) is 4.62. The third kappa shape index (κ3) is 5.19. The molecule has 1 aromatic heterocycles. The van der Waals surface area contributed by atoms with Crippen LogP contribution in [0.25, 0.3) is 0 Å². The van der Waals surface area contributed by atoms with E-state index in [2.05, 4.69) is 43.1 Å². The predicted molar refractivity (Wildman–Crippen MR) is 89.2 cm³/mol. The van der Waals surface area contributed by atoms with E-state index in [0.717, 1.165) is 19.6 Å². The summed E-state index contributed by atoms with van der Waals surface area (Å²) in [4.78, 5) is 5.64. The van der Waals surface area contributed by atoms with E-state index in [4.69, 9.17) is 0 Å². The Bertz CT molecular complexity index is 397. The van der Waals surface area contributed by atoms with E-state index in [1.165, 1.54) is 48.5 Å². The molecule has 0 atom stereocenters. The zero-order chi connectivity index (χ0) is 14.4. The lowest BCUT2D eigenvalue weighted by molar-refractivity contribution is 0.257. The molecule has 0 unspecified atom stereocenters. The van der Waals surface area contributed by atoms with E-state index in [1.54, 1.807) is 0 Å². The molecule has 2 heterocycles. The molecule has 3 heteroatoms. The third-order valence-electron chi connectivity index (χ3n) is 4.26. The Hall–Kier alpha value is -0.380. The van der Waals surface area contributed by atoms with Gasteiger partial charge in [0.2, 0.25) is 0 Å². The first-order valence-corrected chi connectivity index (χ1v) is 8.91. The molecule has 1 fully saturated rings. The van der Waals surface area contributed by atoms with Crippen LogP contribution in [0.4, 0.5) is 0 Å². The fraction of sp³-hybridized carbons (Fsp3) is 0.765. The van der Waals surface area contributed by atoms with E-state index < -0.39 is 0 Å². The first-order valence-electron chi connectivity index (χ1n) is 8.10. The summed E-state index contributed by atoms with van der Waals surface area (Å²) in [5, 5.41) is 3.49. The predicted octanol–water partition coefficient (Wildman–Crippen LogP) is 4.26. The minimum atomic E-state index is 0.541. The first kappa shape index (κ1) is 16.0. The molecular formula is C17H30N2S. The fourth-order valence-electron chi connectivity index (χ4n) is 2.85. The molecule has 0 saturated carbocycles. The SMILES string of the molecule is CCCNCc1ccc(CN2CCCC(C)(C)CC2)s1. The van der Waals surface area contributed by atoms with Gasteiger partial charge in [0.15, 0.2) is 0 Å². The highest BCUT2D eigenvalue weighted by atomic mass is 32.1. The van der Waals surface area contributed by atoms with Gasteiger partial charge in [-0.2, -0.15) is 0 Å². The Labute approximate surface area is 128 Å². The molecule has 20 heavy (non-hydrogen) atoms. The van der Waals surface area contributed by atoms with E-state index in [-0.39, 0.29) is 0 Å². The maximum Gasteiger partial charge on any atom is 0.0328 e. The van der Waals surface area contributed by atoms with Gasteiger partial charge in [-0.1, -0.05) is 20.8 Å². The minimum Gasteiger partial charge on any atom is -0.312 e. The van der Waals surface area contributed by atoms with Crippen molar-refractivity contribution in [1.82, 2.24) is 10.2 Å². The molecule has 1 N–H and O–H groups in total. The lowest BCUT2D eigenvalue weighted by atomic mass is 9.85. The second-order valence-electron chi connectivity index (χ2n) is 6.84. The number of rotatable bonds is 6. The van der Waals surface area contributed by atoms with E-state index in [1.807, 2.05) is 11.3 Å². The summed E-state index contributed by atoms with van der Waals surface area (Å²) in [5.74, 6) is 0. The van der Waals surface area contributed by atoms with Gasteiger partial charge in [0.05, 0.1) is 0 Å². The number of nitrogens with zero attached hydrogens (tertiary/aromatic N) is 1. The average molecular weight is 295 g/mol. The zero-order valence-corrected chi connectivity index (χ0v) is 14.2. The Morgan fingerprint density at radius 1 is 1.20 bits per heavy atom. The lowest BCUT2D eigenvalue weighted by Gasteiger charge is -2.22. The molecule has 0 radical (unpaired) electrons. The molecule has 1 aliphatic rings. The van der Waals surface area contributed by atoms with Crippen LogP contribution >= 0.6 is 11.3 Å². The van der Waals surface area contributed by atoms with Crippen molar-refractivity contribution in [3.05, 3.63) is 21.9 Å². The maximum atomic E-state index is 3.49. The normalized spacial score (nSPS) is 19.9. The van der Waals surface area contributed by atoms with Gasteiger partial charge in [0.25, 0.3) is 0 Å². The average Bonchev–Trinajstić information content (AvgIpc) is 2.76. The maximum absolute atomic E-state index is 3.49. The zero-order valence-electron chi connectivity index (χ0n) is 13.4. The van der Waals surface area contributed by atoms with Crippen LogP contribution in [0.2, 0.25) is 0 Å². The fourth-order valence-corrected chi connectivity index (χ4v) is 3.88. The van der Waals surface area contributed by atoms with Crippen LogP contribution in [0.1, 0.15) is 56.2 Å². The number of hydrogen-bond donors (Lipinski definition) is 1. The summed E-state index contributed by atoms with van der Waals surface area (Å²) >= 11 is 1.98. The Morgan fingerprint density at radius 3 is 2.80 bits per heavy atom. The molecule has 114 valence electrons. The summed E-state index contributed by atoms with van der Waals surface area (Å²) in [5.41, 5.74) is 0.541. The van der Waals surface area contributed by atoms with Gasteiger partial charge < -0.3 is 5.32 Å². The van der Waals surface area contributed by atoms with Gasteiger partial charge in [-0.3, -0.25) is 4.90 Å². The monoisotopic (exact) mass is 294 g/mol. The molecule has 0 bridgehead atoms. The van der Waals surface area contributed by atoms with Crippen LogP contribution in [0.5, 0.6) is 0 Å². The molecular weight excluding hydrogens is 264 g/mol. The van der Waals surface area contributed by atoms with Crippen molar-refractivity contribution >= 4 is 11.3 Å². The van der Waals surface area contributed by atoms with Gasteiger partial charge in [-0.05, 0) is 62.9 Å². The number of likely N-dealkylation sites (tertiary alicyclic amines) is 1. The highest BCUT2D eigenvalue weighted by Crippen LogP contribution is 2.30. The molecule has 0 amide bonds. The second-order valence-corrected chi connectivity index (χ2v) is 8.09. The molecule has 0 spiro atoms. The van der Waals surface area contributed by atoms with Crippen molar-refractivity contribution in [2.75, 3.05) is 19.6 Å². The highest BCUT2D eigenvalue weighted by molar-refractivity contribution is 7.11. The van der Waals surface area contributed by atoms with E-state index >= 15 is 0 Å². The van der Waals surface area contributed by atoms with Gasteiger partial charge >= 0.3 is 0 Å². The quantitative estimate of drug-likeness (QED) is 0.789. The van der Waals surface area contributed by atoms with Crippen molar-refractivity contribution in [3.63, 3.8) is 0 Å². The van der Waals surface area contributed by atoms with Crippen molar-refractivity contribution in [2.24, 2.45) is 5.41 Å². The largest absolute Gasteiger partial charge is 0.312 e. The van der Waals surface area contributed by atoms with Crippen molar-refractivity contribution in [1.29, 1.82) is 0 Å². The molecule has 1 saturated heterocycles. The second kappa shape index (κ2) is 7.58. The number of hydrogen-bond acceptors (Lipinski definition) is 3. The van der Waals surface area contributed by atoms with Crippen molar-refractivity contribution in [2.45, 2.75) is 59.5 Å². The summed E-state index contributed by atoms with van der Waals surface area (Å²) in [7, 11) is 0. The summed E-state index contributed by atoms with van der Waals surface area (Å²) in [6.07, 6.45) is 5.27. The highest BCUT2D eigenvalue weighted by Gasteiger charge is 2.23. The molecule has 1 aliphatic heterocycles. The van der Waals surface area contributed by atoms with Crippen LogP contribution in [0.15, 0.2) is 12.1 Å². The Kier molecular flexibility index (Phi) is 6.06. The van der Waals surface area contributed by atoms with Gasteiger partial charge in [-0.15, -0.1) is 11.3 Å². The molecule has 2 nitrogen and oxygen atoms in total. The number of thiophene rings is 1. The smallest absolute Gasteiger partial charge is 0.0328 e. The first-order chi connectivity index (χ1) is 9.59. The van der Waals surface area contributed by atoms with Crippen LogP contribution in [-0.4, -0.2) is 24.5 Å². The molecule has 1 aromatic rings. The minimum absolute atomic E-state index is 0.541. The lowest BCUT2D eigenvalue weighted by Crippen LogP contribution is -2.24.